The summed E-state index contributed by atoms with van der Waals surface area (Å²) in [5.74, 6) is -0.204. The van der Waals surface area contributed by atoms with Gasteiger partial charge in [0.25, 0.3) is 0 Å². The van der Waals surface area contributed by atoms with Crippen LogP contribution >= 0.6 is 0 Å². The number of rotatable bonds is 8. The van der Waals surface area contributed by atoms with E-state index in [2.05, 4.69) is 15.3 Å². The highest BCUT2D eigenvalue weighted by Crippen LogP contribution is 2.19. The zero-order valence-electron chi connectivity index (χ0n) is 15.6. The summed E-state index contributed by atoms with van der Waals surface area (Å²) in [7, 11) is 0. The maximum atomic E-state index is 13.0. The van der Waals surface area contributed by atoms with Gasteiger partial charge >= 0.3 is 0 Å². The molecule has 1 aliphatic rings. The monoisotopic (exact) mass is 373 g/mol. The summed E-state index contributed by atoms with van der Waals surface area (Å²) in [5, 5.41) is 7.44. The summed E-state index contributed by atoms with van der Waals surface area (Å²) >= 11 is 0. The van der Waals surface area contributed by atoms with Crippen LogP contribution in [0, 0.1) is 5.82 Å². The van der Waals surface area contributed by atoms with Crippen LogP contribution in [0.2, 0.25) is 0 Å². The molecule has 27 heavy (non-hydrogen) atoms. The van der Waals surface area contributed by atoms with Gasteiger partial charge in [0, 0.05) is 43.9 Å². The number of carbonyl (C=O) groups excluding carboxylic acids is 1. The number of benzene rings is 1. The van der Waals surface area contributed by atoms with Crippen LogP contribution in [0.5, 0.6) is 0 Å². The number of halogens is 1. The van der Waals surface area contributed by atoms with Gasteiger partial charge in [-0.15, -0.1) is 0 Å². The van der Waals surface area contributed by atoms with Gasteiger partial charge in [-0.2, -0.15) is 5.10 Å². The highest BCUT2D eigenvalue weighted by atomic mass is 19.1. The molecule has 1 saturated heterocycles. The van der Waals surface area contributed by atoms with Crippen molar-refractivity contribution in [2.75, 3.05) is 19.6 Å². The quantitative estimate of drug-likeness (QED) is 0.741. The average Bonchev–Trinajstić information content (AvgIpc) is 3.10. The highest BCUT2D eigenvalue weighted by Gasteiger charge is 2.23. The lowest BCUT2D eigenvalue weighted by Gasteiger charge is -2.35. The summed E-state index contributed by atoms with van der Waals surface area (Å²) < 4.78 is 14.9. The number of amides is 1. The predicted molar refractivity (Wildman–Crippen MR) is 102 cm³/mol. The second-order valence-corrected chi connectivity index (χ2v) is 7.14. The fourth-order valence-electron chi connectivity index (χ4n) is 3.54. The van der Waals surface area contributed by atoms with Crippen LogP contribution in [-0.4, -0.2) is 46.3 Å². The molecule has 1 aromatic carbocycles. The van der Waals surface area contributed by atoms with E-state index < -0.39 is 0 Å². The van der Waals surface area contributed by atoms with Crippen LogP contribution < -0.4 is 11.1 Å². The number of carbonyl (C=O) groups is 1. The zero-order chi connectivity index (χ0) is 19.1. The van der Waals surface area contributed by atoms with Gasteiger partial charge < -0.3 is 11.1 Å². The van der Waals surface area contributed by atoms with Crippen molar-refractivity contribution >= 4 is 5.91 Å². The number of likely N-dealkylation sites (tertiary alicyclic amines) is 1. The minimum atomic E-state index is -0.227. The van der Waals surface area contributed by atoms with Gasteiger partial charge in [0.2, 0.25) is 5.91 Å². The number of piperidine rings is 1. The Labute approximate surface area is 159 Å². The standard InChI is InChI=1S/C20H28FN5O/c21-18-6-4-16(5-7-18)14-26-15-17(11-24-26)13-25-10-2-1-3-19(25)12-23-20(27)8-9-22/h4-7,11,15,19H,1-3,8-10,12-14,22H2,(H,23,27). The third-order valence-electron chi connectivity index (χ3n) is 4.99. The molecule has 1 unspecified atom stereocenters. The third kappa shape index (κ3) is 5.87. The Balaban J connectivity index is 1.55. The molecule has 0 spiro atoms. The molecule has 0 saturated carbocycles. The summed E-state index contributed by atoms with van der Waals surface area (Å²) in [4.78, 5) is 14.1. The fraction of sp³-hybridized carbons (Fsp3) is 0.500. The van der Waals surface area contributed by atoms with E-state index in [0.717, 1.165) is 30.6 Å². The number of hydrogen-bond donors (Lipinski definition) is 2. The largest absolute Gasteiger partial charge is 0.354 e. The molecule has 2 heterocycles. The Hall–Kier alpha value is -2.25. The SMILES string of the molecule is NCCC(=O)NCC1CCCCN1Cc1cnn(Cc2ccc(F)cc2)c1. The van der Waals surface area contributed by atoms with E-state index >= 15 is 0 Å². The lowest BCUT2D eigenvalue weighted by atomic mass is 10.0. The normalized spacial score (nSPS) is 17.8. The van der Waals surface area contributed by atoms with E-state index in [1.807, 2.05) is 17.1 Å². The van der Waals surface area contributed by atoms with Crippen molar-refractivity contribution in [3.8, 4) is 0 Å². The van der Waals surface area contributed by atoms with E-state index in [1.54, 1.807) is 12.1 Å². The van der Waals surface area contributed by atoms with Crippen LogP contribution in [0.1, 0.15) is 36.8 Å². The van der Waals surface area contributed by atoms with Gasteiger partial charge in [-0.05, 0) is 37.1 Å². The molecular weight excluding hydrogens is 345 g/mol. The minimum Gasteiger partial charge on any atom is -0.354 e. The molecule has 1 fully saturated rings. The smallest absolute Gasteiger partial charge is 0.221 e. The molecule has 3 N–H and O–H groups in total. The maximum Gasteiger partial charge on any atom is 0.221 e. The molecule has 146 valence electrons. The van der Waals surface area contributed by atoms with Crippen molar-refractivity contribution in [1.82, 2.24) is 20.0 Å². The summed E-state index contributed by atoms with van der Waals surface area (Å²) in [6, 6.07) is 6.84. The molecule has 7 heteroatoms. The lowest BCUT2D eigenvalue weighted by molar-refractivity contribution is -0.121. The van der Waals surface area contributed by atoms with Crippen LogP contribution in [0.25, 0.3) is 0 Å². The molecule has 1 aliphatic heterocycles. The number of nitrogens with two attached hydrogens (primary N) is 1. The maximum absolute atomic E-state index is 13.0. The van der Waals surface area contributed by atoms with Crippen LogP contribution in [0.4, 0.5) is 4.39 Å². The second-order valence-electron chi connectivity index (χ2n) is 7.14. The Morgan fingerprint density at radius 3 is 2.81 bits per heavy atom. The minimum absolute atomic E-state index is 0.0233. The molecular formula is C20H28FN5O. The summed E-state index contributed by atoms with van der Waals surface area (Å²) in [5.41, 5.74) is 7.60. The van der Waals surface area contributed by atoms with E-state index in [0.29, 0.717) is 32.1 Å². The molecule has 1 atom stereocenters. The first-order valence-corrected chi connectivity index (χ1v) is 9.60. The van der Waals surface area contributed by atoms with Gasteiger partial charge in [0.1, 0.15) is 5.82 Å². The van der Waals surface area contributed by atoms with Gasteiger partial charge in [0.05, 0.1) is 12.7 Å². The van der Waals surface area contributed by atoms with Gasteiger partial charge in [-0.25, -0.2) is 4.39 Å². The average molecular weight is 373 g/mol. The lowest BCUT2D eigenvalue weighted by Crippen LogP contribution is -2.46. The van der Waals surface area contributed by atoms with Crippen molar-refractivity contribution in [3.63, 3.8) is 0 Å². The number of hydrogen-bond acceptors (Lipinski definition) is 4. The molecule has 6 nitrogen and oxygen atoms in total. The van der Waals surface area contributed by atoms with Gasteiger partial charge in [-0.3, -0.25) is 14.4 Å². The van der Waals surface area contributed by atoms with E-state index in [-0.39, 0.29) is 11.7 Å². The summed E-state index contributed by atoms with van der Waals surface area (Å²) in [6.45, 7) is 3.52. The zero-order valence-corrected chi connectivity index (χ0v) is 15.6. The first kappa shape index (κ1) is 19.5. The Morgan fingerprint density at radius 1 is 1.22 bits per heavy atom. The fourth-order valence-corrected chi connectivity index (χ4v) is 3.54. The molecule has 3 rings (SSSR count). The van der Waals surface area contributed by atoms with E-state index in [1.165, 1.54) is 25.0 Å². The molecule has 0 radical (unpaired) electrons. The van der Waals surface area contributed by atoms with E-state index in [4.69, 9.17) is 5.73 Å². The third-order valence-corrected chi connectivity index (χ3v) is 4.99. The van der Waals surface area contributed by atoms with Crippen LogP contribution in [-0.2, 0) is 17.9 Å². The number of aromatic nitrogens is 2. The first-order valence-electron chi connectivity index (χ1n) is 9.60. The van der Waals surface area contributed by atoms with Crippen molar-refractivity contribution in [2.24, 2.45) is 5.73 Å². The summed E-state index contributed by atoms with van der Waals surface area (Å²) in [6.07, 6.45) is 7.77. The van der Waals surface area contributed by atoms with Crippen molar-refractivity contribution in [2.45, 2.75) is 44.8 Å². The van der Waals surface area contributed by atoms with Gasteiger partial charge in [-0.1, -0.05) is 18.6 Å². The molecule has 1 amide bonds. The molecule has 0 aliphatic carbocycles. The molecule has 0 bridgehead atoms. The van der Waals surface area contributed by atoms with Gasteiger partial charge in [0.15, 0.2) is 0 Å². The Kier molecular flexibility index (Phi) is 6.95. The Morgan fingerprint density at radius 2 is 2.04 bits per heavy atom. The van der Waals surface area contributed by atoms with Crippen LogP contribution in [0.15, 0.2) is 36.7 Å². The molecule has 2 aromatic rings. The van der Waals surface area contributed by atoms with Crippen molar-refractivity contribution in [1.29, 1.82) is 0 Å². The first-order chi connectivity index (χ1) is 13.1. The number of nitrogens with one attached hydrogen (secondary N) is 1. The predicted octanol–water partition coefficient (Wildman–Crippen LogP) is 1.89. The number of nitrogens with zero attached hydrogens (tertiary/aromatic N) is 3. The highest BCUT2D eigenvalue weighted by molar-refractivity contribution is 5.76. The molecule has 1 aromatic heterocycles. The topological polar surface area (TPSA) is 76.2 Å². The van der Waals surface area contributed by atoms with Crippen LogP contribution in [0.3, 0.4) is 0 Å². The Bertz CT molecular complexity index is 730. The second kappa shape index (κ2) is 9.62. The van der Waals surface area contributed by atoms with Crippen molar-refractivity contribution < 1.29 is 9.18 Å². The van der Waals surface area contributed by atoms with E-state index in [9.17, 15) is 9.18 Å². The van der Waals surface area contributed by atoms with Crippen molar-refractivity contribution in [3.05, 3.63) is 53.6 Å².